The lowest BCUT2D eigenvalue weighted by Gasteiger charge is -1.89. The second kappa shape index (κ2) is 5.58. The fourth-order valence-corrected chi connectivity index (χ4v) is 0.968. The molecule has 0 bridgehead atoms. The number of unbranched alkanes of at least 4 members (excludes halogenated alkanes) is 1. The Hall–Kier alpha value is -1.05. The zero-order valence-electron chi connectivity index (χ0n) is 6.67. The fourth-order valence-electron chi connectivity index (χ4n) is 0.968. The molecule has 0 saturated carbocycles. The Morgan fingerprint density at radius 1 is 1.58 bits per heavy atom. The van der Waals surface area contributed by atoms with Gasteiger partial charge in [-0.05, 0) is 24.5 Å². The fraction of sp³-hybridized carbons (Fsp3) is 0.500. The van der Waals surface area contributed by atoms with Gasteiger partial charge in [-0.25, -0.2) is 0 Å². The summed E-state index contributed by atoms with van der Waals surface area (Å²) in [6.07, 6.45) is 5.71. The quantitative estimate of drug-likeness (QED) is 0.647. The summed E-state index contributed by atoms with van der Waals surface area (Å²) in [5.41, 5.74) is 1.12. The zero-order valence-corrected chi connectivity index (χ0v) is 6.67. The normalized spacial score (nSPS) is 9.08. The van der Waals surface area contributed by atoms with E-state index in [1.165, 1.54) is 6.42 Å². The van der Waals surface area contributed by atoms with Gasteiger partial charge in [-0.1, -0.05) is 20.8 Å². The average Bonchev–Trinajstić information content (AvgIpc) is 2.48. The highest BCUT2D eigenvalue weighted by Crippen LogP contribution is 2.08. The number of carbonyl (C=O) groups excluding carboxylic acids is 1. The molecule has 0 spiro atoms. The van der Waals surface area contributed by atoms with Gasteiger partial charge in [0.05, 0.1) is 6.26 Å². The monoisotopic (exact) mass is 168 g/mol. The van der Waals surface area contributed by atoms with Crippen molar-refractivity contribution >= 4 is 6.29 Å². The van der Waals surface area contributed by atoms with E-state index in [2.05, 4.69) is 6.92 Å². The first-order valence-corrected chi connectivity index (χ1v) is 3.89. The van der Waals surface area contributed by atoms with E-state index >= 15 is 0 Å². The van der Waals surface area contributed by atoms with Crippen LogP contribution in [0.5, 0.6) is 0 Å². The minimum atomic E-state index is 0. The van der Waals surface area contributed by atoms with Crippen molar-refractivity contribution in [3.63, 3.8) is 0 Å². The molecule has 0 unspecified atom stereocenters. The number of furan rings is 1. The molecule has 0 radical (unpaired) electrons. The van der Waals surface area contributed by atoms with Crippen LogP contribution >= 0.6 is 0 Å². The first-order valence-electron chi connectivity index (χ1n) is 3.89. The molecule has 0 aliphatic heterocycles. The van der Waals surface area contributed by atoms with E-state index in [9.17, 15) is 4.79 Å². The SMILES string of the molecule is C.CCCCc1coc(C=O)c1. The lowest BCUT2D eigenvalue weighted by molar-refractivity contribution is 0.110. The number of aryl methyl sites for hydroxylation is 1. The highest BCUT2D eigenvalue weighted by atomic mass is 16.3. The molecule has 0 aliphatic rings. The average molecular weight is 168 g/mol. The topological polar surface area (TPSA) is 30.2 Å². The summed E-state index contributed by atoms with van der Waals surface area (Å²) < 4.78 is 4.94. The predicted molar refractivity (Wildman–Crippen MR) is 49.4 cm³/mol. The molecule has 12 heavy (non-hydrogen) atoms. The van der Waals surface area contributed by atoms with Crippen LogP contribution in [0, 0.1) is 0 Å². The van der Waals surface area contributed by atoms with E-state index in [1.807, 2.05) is 0 Å². The molecule has 0 fully saturated rings. The number of hydrogen-bond donors (Lipinski definition) is 0. The van der Waals surface area contributed by atoms with E-state index < -0.39 is 0 Å². The van der Waals surface area contributed by atoms with Crippen molar-refractivity contribution in [3.05, 3.63) is 23.7 Å². The number of carbonyl (C=O) groups is 1. The van der Waals surface area contributed by atoms with E-state index in [0.717, 1.165) is 24.7 Å². The molecule has 0 amide bonds. The van der Waals surface area contributed by atoms with Crippen molar-refractivity contribution in [1.82, 2.24) is 0 Å². The van der Waals surface area contributed by atoms with Gasteiger partial charge in [-0.3, -0.25) is 4.79 Å². The predicted octanol–water partition coefficient (Wildman–Crippen LogP) is 3.07. The molecule has 68 valence electrons. The van der Waals surface area contributed by atoms with Gasteiger partial charge in [0.15, 0.2) is 12.0 Å². The molecule has 0 N–H and O–H groups in total. The Bertz CT molecular complexity index is 225. The van der Waals surface area contributed by atoms with Gasteiger partial charge < -0.3 is 4.42 Å². The highest BCUT2D eigenvalue weighted by Gasteiger charge is 1.98. The van der Waals surface area contributed by atoms with Crippen molar-refractivity contribution in [2.75, 3.05) is 0 Å². The van der Waals surface area contributed by atoms with Gasteiger partial charge in [0.1, 0.15) is 0 Å². The maximum Gasteiger partial charge on any atom is 0.185 e. The second-order valence-electron chi connectivity index (χ2n) is 2.58. The largest absolute Gasteiger partial charge is 0.461 e. The van der Waals surface area contributed by atoms with Crippen molar-refractivity contribution in [3.8, 4) is 0 Å². The Balaban J connectivity index is 0.00000121. The summed E-state index contributed by atoms with van der Waals surface area (Å²) >= 11 is 0. The maximum atomic E-state index is 10.2. The van der Waals surface area contributed by atoms with Gasteiger partial charge in [-0.15, -0.1) is 0 Å². The summed E-state index contributed by atoms with van der Waals surface area (Å²) in [7, 11) is 0. The Kier molecular flexibility index (Phi) is 5.09. The summed E-state index contributed by atoms with van der Waals surface area (Å²) in [6.45, 7) is 2.14. The van der Waals surface area contributed by atoms with Crippen LogP contribution < -0.4 is 0 Å². The van der Waals surface area contributed by atoms with E-state index in [0.29, 0.717) is 5.76 Å². The van der Waals surface area contributed by atoms with Crippen LogP contribution in [-0.2, 0) is 6.42 Å². The van der Waals surface area contributed by atoms with Crippen LogP contribution in [0.3, 0.4) is 0 Å². The Morgan fingerprint density at radius 2 is 2.33 bits per heavy atom. The van der Waals surface area contributed by atoms with Crippen molar-refractivity contribution in [1.29, 1.82) is 0 Å². The molecule has 2 nitrogen and oxygen atoms in total. The summed E-state index contributed by atoms with van der Waals surface area (Å²) in [5, 5.41) is 0. The molecule has 0 atom stereocenters. The van der Waals surface area contributed by atoms with Crippen molar-refractivity contribution < 1.29 is 9.21 Å². The summed E-state index contributed by atoms with van der Waals surface area (Å²) in [4.78, 5) is 10.2. The van der Waals surface area contributed by atoms with Crippen LogP contribution in [0.4, 0.5) is 0 Å². The third-order valence-electron chi connectivity index (χ3n) is 1.61. The number of rotatable bonds is 4. The van der Waals surface area contributed by atoms with Gasteiger partial charge >= 0.3 is 0 Å². The maximum absolute atomic E-state index is 10.2. The number of aldehydes is 1. The zero-order chi connectivity index (χ0) is 8.10. The molecule has 1 heterocycles. The first-order chi connectivity index (χ1) is 5.36. The van der Waals surface area contributed by atoms with Crippen LogP contribution in [0.2, 0.25) is 0 Å². The van der Waals surface area contributed by atoms with Gasteiger partial charge in [-0.2, -0.15) is 0 Å². The molecule has 0 aromatic carbocycles. The van der Waals surface area contributed by atoms with Crippen molar-refractivity contribution in [2.24, 2.45) is 0 Å². The molecule has 2 heteroatoms. The first kappa shape index (κ1) is 11.0. The lowest BCUT2D eigenvalue weighted by atomic mass is 10.1. The Labute approximate surface area is 73.6 Å². The van der Waals surface area contributed by atoms with Crippen LogP contribution in [0.25, 0.3) is 0 Å². The van der Waals surface area contributed by atoms with E-state index in [-0.39, 0.29) is 7.43 Å². The molecular weight excluding hydrogens is 152 g/mol. The van der Waals surface area contributed by atoms with E-state index in [4.69, 9.17) is 4.42 Å². The van der Waals surface area contributed by atoms with Crippen LogP contribution in [0.15, 0.2) is 16.7 Å². The molecular formula is C10H16O2. The number of hydrogen-bond acceptors (Lipinski definition) is 2. The van der Waals surface area contributed by atoms with Gasteiger partial charge in [0, 0.05) is 0 Å². The molecule has 1 aromatic heterocycles. The third-order valence-corrected chi connectivity index (χ3v) is 1.61. The smallest absolute Gasteiger partial charge is 0.185 e. The third kappa shape index (κ3) is 2.91. The Morgan fingerprint density at radius 3 is 2.83 bits per heavy atom. The molecule has 1 aromatic rings. The highest BCUT2D eigenvalue weighted by molar-refractivity contribution is 5.70. The van der Waals surface area contributed by atoms with Crippen LogP contribution in [0.1, 0.15) is 43.3 Å². The van der Waals surface area contributed by atoms with Gasteiger partial charge in [0.2, 0.25) is 0 Å². The van der Waals surface area contributed by atoms with Gasteiger partial charge in [0.25, 0.3) is 0 Å². The standard InChI is InChI=1S/C9H12O2.CH4/c1-2-3-4-8-5-9(6-10)11-7-8;/h5-7H,2-4H2,1H3;1H4. The lowest BCUT2D eigenvalue weighted by Crippen LogP contribution is -1.79. The summed E-state index contributed by atoms with van der Waals surface area (Å²) in [6, 6.07) is 1.79. The minimum absolute atomic E-state index is 0. The van der Waals surface area contributed by atoms with Crippen molar-refractivity contribution in [2.45, 2.75) is 33.6 Å². The summed E-state index contributed by atoms with van der Waals surface area (Å²) in [5.74, 6) is 0.427. The van der Waals surface area contributed by atoms with Crippen LogP contribution in [-0.4, -0.2) is 6.29 Å². The molecule has 1 rings (SSSR count). The molecule has 0 aliphatic carbocycles. The van der Waals surface area contributed by atoms with E-state index in [1.54, 1.807) is 12.3 Å². The second-order valence-corrected chi connectivity index (χ2v) is 2.58. The minimum Gasteiger partial charge on any atom is -0.461 e. The molecule has 0 saturated heterocycles.